The third kappa shape index (κ3) is 5.33. The van der Waals surface area contributed by atoms with Gasteiger partial charge in [-0.05, 0) is 36.4 Å². The summed E-state index contributed by atoms with van der Waals surface area (Å²) in [7, 11) is 1.60. The Hall–Kier alpha value is -3.35. The number of hydrogen-bond donors (Lipinski definition) is 1. The lowest BCUT2D eigenvalue weighted by Gasteiger charge is -2.08. The van der Waals surface area contributed by atoms with Crippen LogP contribution in [0.15, 0.2) is 59.1 Å². The fourth-order valence-electron chi connectivity index (χ4n) is 2.55. The molecule has 28 heavy (non-hydrogen) atoms. The molecule has 0 radical (unpaired) electrons. The smallest absolute Gasteiger partial charge is 0.220 e. The lowest BCUT2D eigenvalue weighted by Crippen LogP contribution is -2.28. The summed E-state index contributed by atoms with van der Waals surface area (Å²) in [5.74, 6) is 1.69. The number of amides is 1. The third-order valence-corrected chi connectivity index (χ3v) is 4.01. The summed E-state index contributed by atoms with van der Waals surface area (Å²) in [5.41, 5.74) is 0.349. The molecular formula is C21H21FN2O4. The van der Waals surface area contributed by atoms with Crippen LogP contribution in [-0.2, 0) is 11.2 Å². The Balaban J connectivity index is 1.38. The minimum absolute atomic E-state index is 0.135. The van der Waals surface area contributed by atoms with Crippen LogP contribution in [0.3, 0.4) is 0 Å². The van der Waals surface area contributed by atoms with Crippen LogP contribution in [0.25, 0.3) is 11.3 Å². The van der Waals surface area contributed by atoms with Gasteiger partial charge in [0.15, 0.2) is 11.7 Å². The highest BCUT2D eigenvalue weighted by Crippen LogP contribution is 2.23. The number of carbonyl (C=O) groups is 1. The van der Waals surface area contributed by atoms with Gasteiger partial charge in [0.2, 0.25) is 5.91 Å². The average Bonchev–Trinajstić information content (AvgIpc) is 3.19. The van der Waals surface area contributed by atoms with Crippen molar-refractivity contribution in [2.45, 2.75) is 12.8 Å². The van der Waals surface area contributed by atoms with Crippen LogP contribution in [0.2, 0.25) is 0 Å². The van der Waals surface area contributed by atoms with Gasteiger partial charge in [-0.1, -0.05) is 12.1 Å². The van der Waals surface area contributed by atoms with Gasteiger partial charge < -0.3 is 19.2 Å². The molecule has 0 spiro atoms. The molecule has 0 saturated heterocycles. The number of rotatable bonds is 9. The highest BCUT2D eigenvalue weighted by atomic mass is 19.1. The number of ether oxygens (including phenoxy) is 2. The van der Waals surface area contributed by atoms with Crippen molar-refractivity contribution in [3.05, 3.63) is 66.4 Å². The molecule has 0 fully saturated rings. The van der Waals surface area contributed by atoms with Crippen molar-refractivity contribution in [1.82, 2.24) is 10.3 Å². The highest BCUT2D eigenvalue weighted by Gasteiger charge is 2.11. The van der Waals surface area contributed by atoms with Crippen LogP contribution in [0.4, 0.5) is 4.39 Å². The fraction of sp³-hybridized carbons (Fsp3) is 0.238. The number of hydrogen-bond acceptors (Lipinski definition) is 5. The molecule has 6 nitrogen and oxygen atoms in total. The van der Waals surface area contributed by atoms with Crippen LogP contribution in [-0.4, -0.2) is 31.2 Å². The monoisotopic (exact) mass is 384 g/mol. The van der Waals surface area contributed by atoms with Gasteiger partial charge in [0.1, 0.15) is 23.9 Å². The number of methoxy groups -OCH3 is 1. The number of oxazole rings is 1. The first-order valence-corrected chi connectivity index (χ1v) is 8.89. The number of benzene rings is 2. The lowest BCUT2D eigenvalue weighted by molar-refractivity contribution is -0.121. The van der Waals surface area contributed by atoms with Gasteiger partial charge in [-0.25, -0.2) is 9.37 Å². The first kappa shape index (κ1) is 19.4. The Morgan fingerprint density at radius 2 is 1.89 bits per heavy atom. The quantitative estimate of drug-likeness (QED) is 0.571. The van der Waals surface area contributed by atoms with Crippen molar-refractivity contribution in [1.29, 1.82) is 0 Å². The van der Waals surface area contributed by atoms with Gasteiger partial charge in [-0.3, -0.25) is 4.79 Å². The molecule has 0 aliphatic heterocycles. The molecule has 2 aromatic carbocycles. The molecule has 0 unspecified atom stereocenters. The fourth-order valence-corrected chi connectivity index (χ4v) is 2.55. The summed E-state index contributed by atoms with van der Waals surface area (Å²) in [6.07, 6.45) is 2.02. The molecule has 0 atom stereocenters. The summed E-state index contributed by atoms with van der Waals surface area (Å²) in [4.78, 5) is 16.0. The zero-order valence-electron chi connectivity index (χ0n) is 15.5. The predicted molar refractivity (Wildman–Crippen MR) is 102 cm³/mol. The minimum atomic E-state index is -0.375. The van der Waals surface area contributed by atoms with E-state index in [9.17, 15) is 9.18 Å². The van der Waals surface area contributed by atoms with Crippen molar-refractivity contribution in [2.24, 2.45) is 0 Å². The average molecular weight is 384 g/mol. The SMILES string of the molecule is COc1ccc(OCCNC(=O)CCc2ncc(-c3ccccc3F)o2)cc1. The summed E-state index contributed by atoms with van der Waals surface area (Å²) in [6.45, 7) is 0.741. The van der Waals surface area contributed by atoms with E-state index in [1.807, 2.05) is 0 Å². The Morgan fingerprint density at radius 1 is 1.14 bits per heavy atom. The third-order valence-electron chi connectivity index (χ3n) is 4.01. The molecule has 146 valence electrons. The van der Waals surface area contributed by atoms with Gasteiger partial charge in [0, 0.05) is 12.8 Å². The molecule has 0 aliphatic carbocycles. The van der Waals surface area contributed by atoms with E-state index in [2.05, 4.69) is 10.3 Å². The number of nitrogens with one attached hydrogen (secondary N) is 1. The van der Waals surface area contributed by atoms with Crippen molar-refractivity contribution in [3.63, 3.8) is 0 Å². The van der Waals surface area contributed by atoms with Crippen LogP contribution in [0.5, 0.6) is 11.5 Å². The van der Waals surface area contributed by atoms with Crippen LogP contribution >= 0.6 is 0 Å². The van der Waals surface area contributed by atoms with Crippen molar-refractivity contribution in [2.75, 3.05) is 20.3 Å². The number of nitrogens with zero attached hydrogens (tertiary/aromatic N) is 1. The second kappa shape index (κ2) is 9.55. The van der Waals surface area contributed by atoms with Crippen molar-refractivity contribution >= 4 is 5.91 Å². The number of aromatic nitrogens is 1. The summed E-state index contributed by atoms with van der Waals surface area (Å²) in [6, 6.07) is 13.5. The summed E-state index contributed by atoms with van der Waals surface area (Å²) in [5, 5.41) is 2.78. The Kier molecular flexibility index (Phi) is 6.62. The van der Waals surface area contributed by atoms with Gasteiger partial charge >= 0.3 is 0 Å². The van der Waals surface area contributed by atoms with Crippen LogP contribution in [0.1, 0.15) is 12.3 Å². The maximum atomic E-state index is 13.8. The first-order chi connectivity index (χ1) is 13.7. The Morgan fingerprint density at radius 3 is 2.64 bits per heavy atom. The molecule has 7 heteroatoms. The second-order valence-electron chi connectivity index (χ2n) is 5.97. The zero-order valence-corrected chi connectivity index (χ0v) is 15.5. The molecule has 0 bridgehead atoms. The van der Waals surface area contributed by atoms with Gasteiger partial charge in [0.05, 0.1) is 25.4 Å². The highest BCUT2D eigenvalue weighted by molar-refractivity contribution is 5.76. The standard InChI is InChI=1S/C21H21FN2O4/c1-26-15-6-8-16(9-7-15)27-13-12-23-20(25)10-11-21-24-14-19(28-21)17-4-2-3-5-18(17)22/h2-9,14H,10-13H2,1H3,(H,23,25). The Bertz CT molecular complexity index is 909. The first-order valence-electron chi connectivity index (χ1n) is 8.89. The number of carbonyl (C=O) groups excluding carboxylic acids is 1. The van der Waals surface area contributed by atoms with Gasteiger partial charge in [-0.15, -0.1) is 0 Å². The maximum Gasteiger partial charge on any atom is 0.220 e. The molecule has 1 aromatic heterocycles. The molecular weight excluding hydrogens is 363 g/mol. The predicted octanol–water partition coefficient (Wildman–Crippen LogP) is 3.62. The van der Waals surface area contributed by atoms with E-state index < -0.39 is 0 Å². The lowest BCUT2D eigenvalue weighted by atomic mass is 10.2. The van der Waals surface area contributed by atoms with Gasteiger partial charge in [0.25, 0.3) is 0 Å². The molecule has 3 rings (SSSR count). The van der Waals surface area contributed by atoms with Crippen molar-refractivity contribution in [3.8, 4) is 22.8 Å². The van der Waals surface area contributed by atoms with E-state index in [0.29, 0.717) is 42.5 Å². The minimum Gasteiger partial charge on any atom is -0.497 e. The van der Waals surface area contributed by atoms with Crippen LogP contribution in [0, 0.1) is 5.82 Å². The molecule has 0 aliphatic rings. The number of aryl methyl sites for hydroxylation is 1. The Labute approximate surface area is 162 Å². The largest absolute Gasteiger partial charge is 0.497 e. The van der Waals surface area contributed by atoms with Crippen LogP contribution < -0.4 is 14.8 Å². The zero-order chi connectivity index (χ0) is 19.8. The summed E-state index contributed by atoms with van der Waals surface area (Å²) < 4.78 is 29.9. The van der Waals surface area contributed by atoms with Crippen molar-refractivity contribution < 1.29 is 23.1 Å². The molecule has 3 aromatic rings. The summed E-state index contributed by atoms with van der Waals surface area (Å²) >= 11 is 0. The molecule has 0 saturated carbocycles. The second-order valence-corrected chi connectivity index (χ2v) is 5.97. The topological polar surface area (TPSA) is 73.6 Å². The number of halogens is 1. The van der Waals surface area contributed by atoms with E-state index in [1.165, 1.54) is 12.3 Å². The maximum absolute atomic E-state index is 13.8. The van der Waals surface area contributed by atoms with E-state index in [4.69, 9.17) is 13.9 Å². The normalized spacial score (nSPS) is 10.5. The molecule has 1 amide bonds. The van der Waals surface area contributed by atoms with E-state index in [0.717, 1.165) is 5.75 Å². The van der Waals surface area contributed by atoms with Gasteiger partial charge in [-0.2, -0.15) is 0 Å². The molecule has 1 heterocycles. The van der Waals surface area contributed by atoms with E-state index in [-0.39, 0.29) is 18.1 Å². The molecule has 1 N–H and O–H groups in total. The van der Waals surface area contributed by atoms with E-state index in [1.54, 1.807) is 49.6 Å². The van der Waals surface area contributed by atoms with E-state index >= 15 is 0 Å².